The second-order valence-corrected chi connectivity index (χ2v) is 3.93. The van der Waals surface area contributed by atoms with E-state index in [4.69, 9.17) is 10.5 Å². The van der Waals surface area contributed by atoms with Crippen LogP contribution in [0.4, 0.5) is 5.69 Å². The van der Waals surface area contributed by atoms with Crippen LogP contribution in [0.1, 0.15) is 20.3 Å². The molecule has 1 aromatic carbocycles. The minimum Gasteiger partial charge on any atom is -0.489 e. The van der Waals surface area contributed by atoms with E-state index in [1.165, 1.54) is 0 Å². The van der Waals surface area contributed by atoms with Gasteiger partial charge in [0, 0.05) is 4.47 Å². The van der Waals surface area contributed by atoms with Gasteiger partial charge in [-0.05, 0) is 31.5 Å². The molecule has 0 aliphatic heterocycles. The first kappa shape index (κ1) is 10.4. The molecule has 2 nitrogen and oxygen atoms in total. The minimum absolute atomic E-state index is 0.205. The molecule has 0 bridgehead atoms. The molecule has 13 heavy (non-hydrogen) atoms. The molecule has 0 aliphatic rings. The molecule has 1 atom stereocenters. The molecular weight excluding hydrogens is 230 g/mol. The van der Waals surface area contributed by atoms with Crippen LogP contribution >= 0.6 is 15.9 Å². The highest BCUT2D eigenvalue weighted by molar-refractivity contribution is 9.10. The fraction of sp³-hybridized carbons (Fsp3) is 0.400. The predicted octanol–water partition coefficient (Wildman–Crippen LogP) is 3.21. The van der Waals surface area contributed by atoms with E-state index < -0.39 is 0 Å². The number of benzene rings is 1. The highest BCUT2D eigenvalue weighted by Gasteiger charge is 2.04. The maximum atomic E-state index is 5.75. The molecule has 1 unspecified atom stereocenters. The molecule has 0 aliphatic carbocycles. The van der Waals surface area contributed by atoms with Gasteiger partial charge in [0.2, 0.25) is 0 Å². The molecular formula is C10H14BrNO. The molecule has 3 heteroatoms. The lowest BCUT2D eigenvalue weighted by Crippen LogP contribution is -2.10. The van der Waals surface area contributed by atoms with Crippen molar-refractivity contribution in [2.24, 2.45) is 0 Å². The van der Waals surface area contributed by atoms with Crippen LogP contribution in [-0.4, -0.2) is 6.10 Å². The van der Waals surface area contributed by atoms with Crippen molar-refractivity contribution in [2.45, 2.75) is 26.4 Å². The van der Waals surface area contributed by atoms with Gasteiger partial charge in [0.1, 0.15) is 5.75 Å². The van der Waals surface area contributed by atoms with Crippen LogP contribution in [0.3, 0.4) is 0 Å². The number of halogens is 1. The van der Waals surface area contributed by atoms with E-state index in [1.807, 2.05) is 25.1 Å². The Morgan fingerprint density at radius 3 is 2.85 bits per heavy atom. The van der Waals surface area contributed by atoms with Crippen LogP contribution in [0.5, 0.6) is 5.75 Å². The molecule has 0 spiro atoms. The van der Waals surface area contributed by atoms with Crippen molar-refractivity contribution in [1.29, 1.82) is 0 Å². The first-order valence-electron chi connectivity index (χ1n) is 4.35. The van der Waals surface area contributed by atoms with E-state index in [0.717, 1.165) is 16.6 Å². The van der Waals surface area contributed by atoms with Crippen molar-refractivity contribution in [2.75, 3.05) is 5.73 Å². The average Bonchev–Trinajstić information content (AvgIpc) is 2.11. The summed E-state index contributed by atoms with van der Waals surface area (Å²) in [7, 11) is 0. The van der Waals surface area contributed by atoms with Crippen molar-refractivity contribution >= 4 is 21.6 Å². The second-order valence-electron chi connectivity index (χ2n) is 3.02. The second kappa shape index (κ2) is 4.51. The molecule has 2 N–H and O–H groups in total. The fourth-order valence-corrected chi connectivity index (χ4v) is 1.25. The zero-order valence-electron chi connectivity index (χ0n) is 7.88. The number of ether oxygens (including phenoxy) is 1. The Morgan fingerprint density at radius 2 is 2.23 bits per heavy atom. The van der Waals surface area contributed by atoms with Gasteiger partial charge in [-0.2, -0.15) is 0 Å². The molecule has 0 radical (unpaired) electrons. The maximum Gasteiger partial charge on any atom is 0.143 e. The van der Waals surface area contributed by atoms with Gasteiger partial charge in [0.25, 0.3) is 0 Å². The zero-order valence-corrected chi connectivity index (χ0v) is 9.47. The van der Waals surface area contributed by atoms with E-state index >= 15 is 0 Å². The van der Waals surface area contributed by atoms with Crippen LogP contribution in [0, 0.1) is 0 Å². The minimum atomic E-state index is 0.205. The first-order chi connectivity index (χ1) is 6.13. The molecule has 0 saturated heterocycles. The van der Waals surface area contributed by atoms with E-state index in [2.05, 4.69) is 22.9 Å². The Morgan fingerprint density at radius 1 is 1.54 bits per heavy atom. The third-order valence-corrected chi connectivity index (χ3v) is 2.37. The van der Waals surface area contributed by atoms with Gasteiger partial charge < -0.3 is 10.5 Å². The van der Waals surface area contributed by atoms with Crippen LogP contribution in [0.2, 0.25) is 0 Å². The van der Waals surface area contributed by atoms with Gasteiger partial charge >= 0.3 is 0 Å². The lowest BCUT2D eigenvalue weighted by Gasteiger charge is -2.14. The largest absolute Gasteiger partial charge is 0.489 e. The van der Waals surface area contributed by atoms with E-state index in [9.17, 15) is 0 Å². The standard InChI is InChI=1S/C10H14BrNO/c1-3-7(2)13-10-6-8(11)4-5-9(10)12/h4-7H,3,12H2,1-2H3. The van der Waals surface area contributed by atoms with Gasteiger partial charge in [-0.1, -0.05) is 22.9 Å². The van der Waals surface area contributed by atoms with Crippen LogP contribution in [0.25, 0.3) is 0 Å². The smallest absolute Gasteiger partial charge is 0.143 e. The Hall–Kier alpha value is -0.700. The molecule has 0 fully saturated rings. The molecule has 1 aromatic rings. The summed E-state index contributed by atoms with van der Waals surface area (Å²) < 4.78 is 6.61. The molecule has 0 heterocycles. The summed E-state index contributed by atoms with van der Waals surface area (Å²) in [5.74, 6) is 0.753. The maximum absolute atomic E-state index is 5.75. The lowest BCUT2D eigenvalue weighted by atomic mass is 10.3. The zero-order chi connectivity index (χ0) is 9.84. The first-order valence-corrected chi connectivity index (χ1v) is 5.14. The third kappa shape index (κ3) is 2.92. The number of nitrogen functional groups attached to an aromatic ring is 1. The van der Waals surface area contributed by atoms with Crippen LogP contribution in [0.15, 0.2) is 22.7 Å². The molecule has 0 amide bonds. The van der Waals surface area contributed by atoms with Crippen molar-refractivity contribution < 1.29 is 4.74 Å². The Balaban J connectivity index is 2.81. The van der Waals surface area contributed by atoms with Crippen molar-refractivity contribution in [1.82, 2.24) is 0 Å². The summed E-state index contributed by atoms with van der Waals surface area (Å²) in [6.07, 6.45) is 1.18. The molecule has 1 rings (SSSR count). The molecule has 72 valence electrons. The topological polar surface area (TPSA) is 35.2 Å². The Kier molecular flexibility index (Phi) is 3.60. The number of hydrogen-bond acceptors (Lipinski definition) is 2. The normalized spacial score (nSPS) is 12.5. The fourth-order valence-electron chi connectivity index (χ4n) is 0.910. The predicted molar refractivity (Wildman–Crippen MR) is 58.9 cm³/mol. The highest BCUT2D eigenvalue weighted by Crippen LogP contribution is 2.26. The third-order valence-electron chi connectivity index (χ3n) is 1.88. The van der Waals surface area contributed by atoms with Crippen molar-refractivity contribution in [3.8, 4) is 5.75 Å². The molecule has 0 aromatic heterocycles. The molecule has 0 saturated carbocycles. The van der Waals surface area contributed by atoms with E-state index in [1.54, 1.807) is 0 Å². The number of anilines is 1. The van der Waals surface area contributed by atoms with Crippen molar-refractivity contribution in [3.63, 3.8) is 0 Å². The number of nitrogens with two attached hydrogens (primary N) is 1. The number of hydrogen-bond donors (Lipinski definition) is 1. The Bertz CT molecular complexity index is 288. The quantitative estimate of drug-likeness (QED) is 0.828. The van der Waals surface area contributed by atoms with Gasteiger partial charge in [-0.25, -0.2) is 0 Å². The summed E-state index contributed by atoms with van der Waals surface area (Å²) in [5.41, 5.74) is 6.43. The lowest BCUT2D eigenvalue weighted by molar-refractivity contribution is 0.218. The van der Waals surface area contributed by atoms with Gasteiger partial charge in [-0.15, -0.1) is 0 Å². The highest BCUT2D eigenvalue weighted by atomic mass is 79.9. The summed E-state index contributed by atoms with van der Waals surface area (Å²) >= 11 is 3.37. The average molecular weight is 244 g/mol. The van der Waals surface area contributed by atoms with E-state index in [-0.39, 0.29) is 6.10 Å². The van der Waals surface area contributed by atoms with Gasteiger partial charge in [0.05, 0.1) is 11.8 Å². The van der Waals surface area contributed by atoms with Crippen LogP contribution in [-0.2, 0) is 0 Å². The summed E-state index contributed by atoms with van der Waals surface area (Å²) in [5, 5.41) is 0. The van der Waals surface area contributed by atoms with Crippen LogP contribution < -0.4 is 10.5 Å². The monoisotopic (exact) mass is 243 g/mol. The van der Waals surface area contributed by atoms with Gasteiger partial charge in [-0.3, -0.25) is 0 Å². The SMILES string of the molecule is CCC(C)Oc1cc(Br)ccc1N. The summed E-state index contributed by atoms with van der Waals surface area (Å²) in [6.45, 7) is 4.11. The summed E-state index contributed by atoms with van der Waals surface area (Å²) in [4.78, 5) is 0. The Labute approximate surface area is 87.2 Å². The van der Waals surface area contributed by atoms with Crippen molar-refractivity contribution in [3.05, 3.63) is 22.7 Å². The number of rotatable bonds is 3. The summed E-state index contributed by atoms with van der Waals surface area (Å²) in [6, 6.07) is 5.63. The van der Waals surface area contributed by atoms with E-state index in [0.29, 0.717) is 5.69 Å². The van der Waals surface area contributed by atoms with Gasteiger partial charge in [0.15, 0.2) is 0 Å².